The highest BCUT2D eigenvalue weighted by atomic mass is 28.3. The van der Waals surface area contributed by atoms with Crippen LogP contribution in [0, 0.1) is 0 Å². The van der Waals surface area contributed by atoms with E-state index < -0.39 is 8.07 Å². The average molecular weight is 277 g/mol. The minimum atomic E-state index is -1.06. The molecule has 19 heavy (non-hydrogen) atoms. The number of hydrogen-bond acceptors (Lipinski definition) is 4. The summed E-state index contributed by atoms with van der Waals surface area (Å²) in [5, 5.41) is 0. The fourth-order valence-corrected chi connectivity index (χ4v) is 2.42. The van der Waals surface area contributed by atoms with Crippen LogP contribution in [0.2, 0.25) is 25.7 Å². The first-order chi connectivity index (χ1) is 8.99. The Morgan fingerprint density at radius 3 is 2.89 bits per heavy atom. The van der Waals surface area contributed by atoms with Gasteiger partial charge in [0.05, 0.1) is 24.1 Å². The van der Waals surface area contributed by atoms with Gasteiger partial charge >= 0.3 is 0 Å². The molecule has 0 fully saturated rings. The first-order valence-corrected chi connectivity index (χ1v) is 10.1. The van der Waals surface area contributed by atoms with Crippen LogP contribution in [0.3, 0.4) is 0 Å². The highest BCUT2D eigenvalue weighted by Crippen LogP contribution is 2.13. The van der Waals surface area contributed by atoms with E-state index in [1.165, 1.54) is 0 Å². The van der Waals surface area contributed by atoms with Crippen LogP contribution in [-0.2, 0) is 11.3 Å². The van der Waals surface area contributed by atoms with Gasteiger partial charge in [0.15, 0.2) is 11.9 Å². The minimum Gasteiger partial charge on any atom is -0.375 e. The third-order valence-corrected chi connectivity index (χ3v) is 4.54. The first-order valence-electron chi connectivity index (χ1n) is 6.35. The number of ether oxygens (including phenoxy) is 1. The smallest absolute Gasteiger partial charge is 0.156 e. The van der Waals surface area contributed by atoms with Crippen molar-refractivity contribution in [3.05, 3.63) is 23.7 Å². The summed E-state index contributed by atoms with van der Waals surface area (Å²) >= 11 is 0. The lowest BCUT2D eigenvalue weighted by Gasteiger charge is -2.15. The van der Waals surface area contributed by atoms with Crippen LogP contribution < -0.4 is 0 Å². The molecule has 2 aromatic rings. The summed E-state index contributed by atoms with van der Waals surface area (Å²) in [5.74, 6) is 0. The normalized spacial score (nSPS) is 11.9. The standard InChI is InChI=1S/C13H19N3O2Si/c1-19(2,3)5-4-18-9-11-7-15-13-12(16-11)10(8-17)6-14-13/h6-8H,4-5,9H2,1-3H3,(H,14,15). The van der Waals surface area contributed by atoms with Crippen molar-refractivity contribution < 1.29 is 9.53 Å². The van der Waals surface area contributed by atoms with E-state index in [9.17, 15) is 4.79 Å². The Morgan fingerprint density at radius 1 is 1.42 bits per heavy atom. The Hall–Kier alpha value is -1.53. The summed E-state index contributed by atoms with van der Waals surface area (Å²) in [6.45, 7) is 8.15. The van der Waals surface area contributed by atoms with Gasteiger partial charge in [0.2, 0.25) is 0 Å². The van der Waals surface area contributed by atoms with Gasteiger partial charge in [-0.05, 0) is 6.04 Å². The number of nitrogens with zero attached hydrogens (tertiary/aromatic N) is 2. The van der Waals surface area contributed by atoms with Crippen molar-refractivity contribution in [1.82, 2.24) is 15.0 Å². The molecule has 0 saturated carbocycles. The van der Waals surface area contributed by atoms with Gasteiger partial charge < -0.3 is 9.72 Å². The van der Waals surface area contributed by atoms with Gasteiger partial charge in [0.25, 0.3) is 0 Å². The molecule has 0 aromatic carbocycles. The number of rotatable bonds is 6. The van der Waals surface area contributed by atoms with Crippen LogP contribution in [0.15, 0.2) is 12.4 Å². The molecule has 0 spiro atoms. The van der Waals surface area contributed by atoms with Gasteiger partial charge in [-0.2, -0.15) is 0 Å². The zero-order valence-corrected chi connectivity index (χ0v) is 12.6. The molecule has 0 atom stereocenters. The van der Waals surface area contributed by atoms with Gasteiger partial charge in [-0.15, -0.1) is 0 Å². The van der Waals surface area contributed by atoms with Crippen molar-refractivity contribution in [2.45, 2.75) is 32.3 Å². The average Bonchev–Trinajstić information content (AvgIpc) is 2.75. The Kier molecular flexibility index (Phi) is 4.11. The first kappa shape index (κ1) is 13.9. The van der Waals surface area contributed by atoms with Crippen molar-refractivity contribution in [3.8, 4) is 0 Å². The number of aromatic nitrogens is 3. The molecule has 0 amide bonds. The van der Waals surface area contributed by atoms with E-state index in [0.717, 1.165) is 24.6 Å². The fourth-order valence-electron chi connectivity index (χ4n) is 1.66. The predicted octanol–water partition coefficient (Wildman–Crippen LogP) is 2.63. The van der Waals surface area contributed by atoms with Crippen LogP contribution in [0.1, 0.15) is 16.1 Å². The fraction of sp³-hybridized carbons (Fsp3) is 0.462. The Morgan fingerprint density at radius 2 is 2.21 bits per heavy atom. The number of hydrogen-bond donors (Lipinski definition) is 1. The third kappa shape index (κ3) is 3.71. The number of aromatic amines is 1. The number of fused-ring (bicyclic) bond motifs is 1. The molecule has 0 saturated heterocycles. The van der Waals surface area contributed by atoms with Crippen molar-refractivity contribution in [2.24, 2.45) is 0 Å². The molecule has 1 N–H and O–H groups in total. The van der Waals surface area contributed by atoms with Crippen LogP contribution in [0.5, 0.6) is 0 Å². The second kappa shape index (κ2) is 5.62. The molecule has 5 nitrogen and oxygen atoms in total. The number of H-pyrrole nitrogens is 1. The second-order valence-corrected chi connectivity index (χ2v) is 11.4. The highest BCUT2D eigenvalue weighted by molar-refractivity contribution is 6.76. The lowest BCUT2D eigenvalue weighted by molar-refractivity contribution is 0.112. The minimum absolute atomic E-state index is 0.441. The highest BCUT2D eigenvalue weighted by Gasteiger charge is 2.12. The summed E-state index contributed by atoms with van der Waals surface area (Å²) in [4.78, 5) is 22.4. The molecule has 0 radical (unpaired) electrons. The SMILES string of the molecule is C[Si](C)(C)CCOCc1cnc2[nH]cc(C=O)c2n1. The van der Waals surface area contributed by atoms with E-state index in [1.807, 2.05) is 0 Å². The van der Waals surface area contributed by atoms with Crippen molar-refractivity contribution >= 4 is 25.5 Å². The predicted molar refractivity (Wildman–Crippen MR) is 77.1 cm³/mol. The maximum atomic E-state index is 10.8. The third-order valence-electron chi connectivity index (χ3n) is 2.83. The van der Waals surface area contributed by atoms with Crippen LogP contribution in [0.25, 0.3) is 11.2 Å². The zero-order valence-electron chi connectivity index (χ0n) is 11.6. The van der Waals surface area contributed by atoms with E-state index in [0.29, 0.717) is 23.3 Å². The van der Waals surface area contributed by atoms with Crippen molar-refractivity contribution in [3.63, 3.8) is 0 Å². The summed E-state index contributed by atoms with van der Waals surface area (Å²) in [5.41, 5.74) is 2.53. The maximum absolute atomic E-state index is 10.8. The summed E-state index contributed by atoms with van der Waals surface area (Å²) < 4.78 is 5.63. The molecule has 6 heteroatoms. The van der Waals surface area contributed by atoms with E-state index in [-0.39, 0.29) is 0 Å². The van der Waals surface area contributed by atoms with Crippen LogP contribution in [-0.4, -0.2) is 35.9 Å². The zero-order chi connectivity index (χ0) is 13.9. The lowest BCUT2D eigenvalue weighted by atomic mass is 10.3. The van der Waals surface area contributed by atoms with E-state index in [1.54, 1.807) is 12.4 Å². The number of aldehydes is 1. The quantitative estimate of drug-likeness (QED) is 0.500. The monoisotopic (exact) mass is 277 g/mol. The topological polar surface area (TPSA) is 67.9 Å². The van der Waals surface area contributed by atoms with Crippen LogP contribution >= 0.6 is 0 Å². The number of nitrogens with one attached hydrogen (secondary N) is 1. The van der Waals surface area contributed by atoms with E-state index >= 15 is 0 Å². The van der Waals surface area contributed by atoms with Crippen molar-refractivity contribution in [1.29, 1.82) is 0 Å². The summed E-state index contributed by atoms with van der Waals surface area (Å²) in [7, 11) is -1.06. The maximum Gasteiger partial charge on any atom is 0.156 e. The van der Waals surface area contributed by atoms with Gasteiger partial charge in [-0.25, -0.2) is 9.97 Å². The molecule has 0 unspecified atom stereocenters. The molecule has 2 aromatic heterocycles. The Balaban J connectivity index is 1.99. The van der Waals surface area contributed by atoms with Gasteiger partial charge in [-0.3, -0.25) is 4.79 Å². The molecule has 2 heterocycles. The second-order valence-electron chi connectivity index (χ2n) is 5.78. The summed E-state index contributed by atoms with van der Waals surface area (Å²) in [6, 6.07) is 1.13. The van der Waals surface area contributed by atoms with Crippen molar-refractivity contribution in [2.75, 3.05) is 6.61 Å². The molecule has 0 aliphatic rings. The number of carbonyl (C=O) groups excluding carboxylic acids is 1. The molecular weight excluding hydrogens is 258 g/mol. The molecular formula is C13H19N3O2Si. The lowest BCUT2D eigenvalue weighted by Crippen LogP contribution is -2.21. The summed E-state index contributed by atoms with van der Waals surface area (Å²) in [6.07, 6.45) is 4.08. The molecule has 0 aliphatic heterocycles. The van der Waals surface area contributed by atoms with Gasteiger partial charge in [-0.1, -0.05) is 19.6 Å². The Bertz CT molecular complexity index is 575. The van der Waals surface area contributed by atoms with Gasteiger partial charge in [0.1, 0.15) is 5.52 Å². The van der Waals surface area contributed by atoms with E-state index in [2.05, 4.69) is 34.6 Å². The molecule has 102 valence electrons. The van der Waals surface area contributed by atoms with Gasteiger partial charge in [0, 0.05) is 20.9 Å². The van der Waals surface area contributed by atoms with E-state index in [4.69, 9.17) is 4.74 Å². The number of carbonyl (C=O) groups is 1. The molecule has 0 bridgehead atoms. The molecule has 0 aliphatic carbocycles. The van der Waals surface area contributed by atoms with Crippen LogP contribution in [0.4, 0.5) is 0 Å². The Labute approximate surface area is 113 Å². The molecule has 2 rings (SSSR count). The largest absolute Gasteiger partial charge is 0.375 e.